The standard InChI is InChI=1S/C16H32O2S.C3H6O2/c1-3-5-6-7-8-9-10-11-12-13-14-15-19-18-16(17)4-2;1-2-3(4)5/h3-15H2,1-2H3;2H2,1H3,(H,4,5). The number of carboxylic acids is 1. The first-order chi connectivity index (χ1) is 11.6. The molecule has 0 aliphatic rings. The van der Waals surface area contributed by atoms with Gasteiger partial charge in [-0.2, -0.15) is 0 Å². The number of hydrogen-bond donors (Lipinski definition) is 1. The van der Waals surface area contributed by atoms with Gasteiger partial charge < -0.3 is 9.29 Å². The smallest absolute Gasteiger partial charge is 0.317 e. The van der Waals surface area contributed by atoms with Crippen molar-refractivity contribution < 1.29 is 18.9 Å². The first-order valence-electron chi connectivity index (χ1n) is 9.62. The number of carboxylic acid groups (broad SMARTS) is 1. The van der Waals surface area contributed by atoms with Crippen molar-refractivity contribution in [2.24, 2.45) is 0 Å². The van der Waals surface area contributed by atoms with Gasteiger partial charge in [0.1, 0.15) is 0 Å². The molecule has 0 atom stereocenters. The molecule has 0 fully saturated rings. The van der Waals surface area contributed by atoms with Crippen molar-refractivity contribution in [3.05, 3.63) is 0 Å². The second kappa shape index (κ2) is 22.3. The average Bonchev–Trinajstić information content (AvgIpc) is 2.59. The molecule has 0 aromatic heterocycles. The summed E-state index contributed by atoms with van der Waals surface area (Å²) in [7, 11) is 0. The first-order valence-corrected chi connectivity index (χ1v) is 10.5. The highest BCUT2D eigenvalue weighted by Gasteiger charge is 1.98. The third kappa shape index (κ3) is 26.2. The van der Waals surface area contributed by atoms with E-state index in [1.807, 2.05) is 6.92 Å². The number of carbonyl (C=O) groups excluding carboxylic acids is 1. The van der Waals surface area contributed by atoms with E-state index in [4.69, 9.17) is 9.29 Å². The van der Waals surface area contributed by atoms with Gasteiger partial charge in [-0.15, -0.1) is 0 Å². The van der Waals surface area contributed by atoms with Crippen LogP contribution in [-0.2, 0) is 13.8 Å². The molecule has 0 bridgehead atoms. The third-order valence-electron chi connectivity index (χ3n) is 3.57. The highest BCUT2D eigenvalue weighted by atomic mass is 32.2. The monoisotopic (exact) mass is 362 g/mol. The van der Waals surface area contributed by atoms with Crippen molar-refractivity contribution in [3.63, 3.8) is 0 Å². The quantitative estimate of drug-likeness (QED) is 0.270. The van der Waals surface area contributed by atoms with Gasteiger partial charge in [-0.3, -0.25) is 9.59 Å². The van der Waals surface area contributed by atoms with Crippen LogP contribution < -0.4 is 0 Å². The van der Waals surface area contributed by atoms with Crippen molar-refractivity contribution in [1.29, 1.82) is 0 Å². The molecule has 0 aliphatic carbocycles. The minimum Gasteiger partial charge on any atom is -0.481 e. The van der Waals surface area contributed by atoms with E-state index in [0.29, 0.717) is 6.42 Å². The Hall–Kier alpha value is -0.710. The Morgan fingerprint density at radius 2 is 1.17 bits per heavy atom. The second-order valence-corrected chi connectivity index (χ2v) is 6.72. The number of rotatable bonds is 15. The maximum atomic E-state index is 10.9. The van der Waals surface area contributed by atoms with Crippen LogP contribution in [0.1, 0.15) is 104 Å². The number of carbonyl (C=O) groups is 2. The zero-order valence-electron chi connectivity index (χ0n) is 16.0. The summed E-state index contributed by atoms with van der Waals surface area (Å²) >= 11 is 1.32. The zero-order valence-corrected chi connectivity index (χ0v) is 16.8. The molecule has 0 spiro atoms. The van der Waals surface area contributed by atoms with Gasteiger partial charge >= 0.3 is 11.9 Å². The van der Waals surface area contributed by atoms with Crippen LogP contribution in [-0.4, -0.2) is 22.8 Å². The topological polar surface area (TPSA) is 63.6 Å². The fraction of sp³-hybridized carbons (Fsp3) is 0.895. The van der Waals surface area contributed by atoms with Crippen molar-refractivity contribution in [2.45, 2.75) is 104 Å². The Kier molecular flexibility index (Phi) is 23.7. The summed E-state index contributed by atoms with van der Waals surface area (Å²) in [4.78, 5) is 20.2. The molecule has 24 heavy (non-hydrogen) atoms. The first kappa shape index (κ1) is 25.5. The van der Waals surface area contributed by atoms with E-state index in [1.54, 1.807) is 6.92 Å². The molecule has 0 rings (SSSR count). The summed E-state index contributed by atoms with van der Waals surface area (Å²) < 4.78 is 4.96. The lowest BCUT2D eigenvalue weighted by molar-refractivity contribution is -0.136. The Labute approximate surface area is 153 Å². The molecule has 0 aromatic carbocycles. The van der Waals surface area contributed by atoms with Gasteiger partial charge in [0.25, 0.3) is 0 Å². The predicted molar refractivity (Wildman–Crippen MR) is 103 cm³/mol. The van der Waals surface area contributed by atoms with E-state index in [0.717, 1.165) is 12.2 Å². The van der Waals surface area contributed by atoms with Crippen molar-refractivity contribution >= 4 is 24.0 Å². The van der Waals surface area contributed by atoms with Crippen molar-refractivity contribution in [3.8, 4) is 0 Å². The molecule has 0 aliphatic heterocycles. The van der Waals surface area contributed by atoms with Gasteiger partial charge in [-0.1, -0.05) is 85.0 Å². The fourth-order valence-electron chi connectivity index (χ4n) is 1.99. The maximum Gasteiger partial charge on any atom is 0.317 e. The summed E-state index contributed by atoms with van der Waals surface area (Å²) in [5, 5.41) is 7.72. The lowest BCUT2D eigenvalue weighted by Crippen LogP contribution is -1.96. The van der Waals surface area contributed by atoms with E-state index in [-0.39, 0.29) is 12.4 Å². The van der Waals surface area contributed by atoms with E-state index in [9.17, 15) is 9.59 Å². The highest BCUT2D eigenvalue weighted by molar-refractivity contribution is 7.95. The van der Waals surface area contributed by atoms with Crippen LogP contribution >= 0.6 is 12.0 Å². The number of unbranched alkanes of at least 4 members (excludes halogenated alkanes) is 10. The molecule has 4 nitrogen and oxygen atoms in total. The van der Waals surface area contributed by atoms with Crippen molar-refractivity contribution in [2.75, 3.05) is 5.75 Å². The van der Waals surface area contributed by atoms with Crippen LogP contribution in [0.25, 0.3) is 0 Å². The molecule has 5 heteroatoms. The summed E-state index contributed by atoms with van der Waals surface area (Å²) in [6, 6.07) is 0. The Bertz CT molecular complexity index is 283. The summed E-state index contributed by atoms with van der Waals surface area (Å²) in [5.41, 5.74) is 0. The van der Waals surface area contributed by atoms with Crippen LogP contribution in [0.3, 0.4) is 0 Å². The molecule has 144 valence electrons. The van der Waals surface area contributed by atoms with Crippen LogP contribution in [0.15, 0.2) is 0 Å². The van der Waals surface area contributed by atoms with Crippen LogP contribution in [0.4, 0.5) is 0 Å². The molecular formula is C19H38O4S. The lowest BCUT2D eigenvalue weighted by Gasteiger charge is -2.03. The molecule has 0 saturated carbocycles. The van der Waals surface area contributed by atoms with Gasteiger partial charge in [0.05, 0.1) is 12.0 Å². The Morgan fingerprint density at radius 3 is 1.54 bits per heavy atom. The number of aliphatic carboxylic acids is 1. The molecule has 0 heterocycles. The molecule has 0 unspecified atom stereocenters. The lowest BCUT2D eigenvalue weighted by atomic mass is 10.1. The third-order valence-corrected chi connectivity index (χ3v) is 4.33. The van der Waals surface area contributed by atoms with E-state index < -0.39 is 5.97 Å². The molecular weight excluding hydrogens is 324 g/mol. The van der Waals surface area contributed by atoms with Crippen LogP contribution in [0.2, 0.25) is 0 Å². The molecule has 0 aromatic rings. The minimum absolute atomic E-state index is 0.104. The van der Waals surface area contributed by atoms with Gasteiger partial charge in [0.2, 0.25) is 0 Å². The van der Waals surface area contributed by atoms with Crippen LogP contribution in [0.5, 0.6) is 0 Å². The predicted octanol–water partition coefficient (Wildman–Crippen LogP) is 6.38. The van der Waals surface area contributed by atoms with Crippen LogP contribution in [0, 0.1) is 0 Å². The largest absolute Gasteiger partial charge is 0.481 e. The fourth-order valence-corrected chi connectivity index (χ4v) is 2.65. The van der Waals surface area contributed by atoms with E-state index in [2.05, 4.69) is 6.92 Å². The van der Waals surface area contributed by atoms with E-state index in [1.165, 1.54) is 76.3 Å². The van der Waals surface area contributed by atoms with Crippen molar-refractivity contribution in [1.82, 2.24) is 0 Å². The highest BCUT2D eigenvalue weighted by Crippen LogP contribution is 2.13. The number of hydrogen-bond acceptors (Lipinski definition) is 4. The van der Waals surface area contributed by atoms with Gasteiger partial charge in [0.15, 0.2) is 0 Å². The Morgan fingerprint density at radius 1 is 0.750 bits per heavy atom. The Balaban J connectivity index is 0. The summed E-state index contributed by atoms with van der Waals surface area (Å²) in [6.45, 7) is 5.69. The summed E-state index contributed by atoms with van der Waals surface area (Å²) in [6.07, 6.45) is 15.6. The minimum atomic E-state index is -0.745. The summed E-state index contributed by atoms with van der Waals surface area (Å²) in [5.74, 6) is 0.0982. The molecule has 0 saturated heterocycles. The van der Waals surface area contributed by atoms with E-state index >= 15 is 0 Å². The van der Waals surface area contributed by atoms with Gasteiger partial charge in [-0.25, -0.2) is 0 Å². The molecule has 0 amide bonds. The maximum absolute atomic E-state index is 10.9. The average molecular weight is 363 g/mol. The molecule has 1 N–H and O–H groups in total. The van der Waals surface area contributed by atoms with Gasteiger partial charge in [-0.05, 0) is 6.42 Å². The normalized spacial score (nSPS) is 9.96. The van der Waals surface area contributed by atoms with Gasteiger partial charge in [0, 0.05) is 18.6 Å². The second-order valence-electron chi connectivity index (χ2n) is 5.91. The SMILES string of the molecule is CCC(=O)O.CCCCCCCCCCCCCSOC(=O)CC. The molecule has 0 radical (unpaired) electrons. The zero-order chi connectivity index (χ0) is 18.5.